The predicted molar refractivity (Wildman–Crippen MR) is 61.0 cm³/mol. The summed E-state index contributed by atoms with van der Waals surface area (Å²) in [6, 6.07) is 5.69. The Bertz CT molecular complexity index is 413. The average Bonchev–Trinajstić information content (AvgIpc) is 2.29. The quantitative estimate of drug-likeness (QED) is 0.770. The van der Waals surface area contributed by atoms with E-state index in [1.807, 2.05) is 6.92 Å². The third kappa shape index (κ3) is 2.15. The highest BCUT2D eigenvalue weighted by Crippen LogP contribution is 2.26. The summed E-state index contributed by atoms with van der Waals surface area (Å²) in [6.07, 6.45) is 3.13. The number of hydrogen-bond acceptors (Lipinski definition) is 4. The fraction of sp³-hybridized carbons (Fsp3) is 0.500. The Hall–Kier alpha value is -1.60. The van der Waals surface area contributed by atoms with Crippen LogP contribution >= 0.6 is 0 Å². The standard InChI is InChI=1S/C12H15N3O/c1-12(16)4-7-15(8-5-12)11-10(9-13)3-2-6-14-11/h2-3,6,16H,4-5,7-8H2,1H3. The van der Waals surface area contributed by atoms with Crippen molar-refractivity contribution in [3.8, 4) is 6.07 Å². The van der Waals surface area contributed by atoms with E-state index in [-0.39, 0.29) is 0 Å². The molecule has 0 bridgehead atoms. The van der Waals surface area contributed by atoms with Gasteiger partial charge in [-0.2, -0.15) is 5.26 Å². The second-order valence-electron chi connectivity index (χ2n) is 4.47. The van der Waals surface area contributed by atoms with Crippen molar-refractivity contribution >= 4 is 5.82 Å². The third-order valence-electron chi connectivity index (χ3n) is 3.05. The summed E-state index contributed by atoms with van der Waals surface area (Å²) in [7, 11) is 0. The molecule has 1 aliphatic rings. The summed E-state index contributed by atoms with van der Waals surface area (Å²) in [6.45, 7) is 3.35. The van der Waals surface area contributed by atoms with Gasteiger partial charge in [0.15, 0.2) is 0 Å². The molecule has 4 nitrogen and oxygen atoms in total. The third-order valence-corrected chi connectivity index (χ3v) is 3.05. The maximum atomic E-state index is 9.85. The molecular formula is C12H15N3O. The SMILES string of the molecule is CC1(O)CCN(c2ncccc2C#N)CC1. The Morgan fingerprint density at radius 2 is 2.19 bits per heavy atom. The van der Waals surface area contributed by atoms with Crippen molar-refractivity contribution in [2.24, 2.45) is 0 Å². The van der Waals surface area contributed by atoms with E-state index in [0.717, 1.165) is 18.9 Å². The maximum Gasteiger partial charge on any atom is 0.146 e. The Balaban J connectivity index is 2.18. The van der Waals surface area contributed by atoms with Crippen LogP contribution in [-0.2, 0) is 0 Å². The molecular weight excluding hydrogens is 202 g/mol. The van der Waals surface area contributed by atoms with Gasteiger partial charge >= 0.3 is 0 Å². The molecule has 16 heavy (non-hydrogen) atoms. The van der Waals surface area contributed by atoms with Crippen LogP contribution in [0.4, 0.5) is 5.82 Å². The van der Waals surface area contributed by atoms with Crippen molar-refractivity contribution in [1.82, 2.24) is 4.98 Å². The lowest BCUT2D eigenvalue weighted by molar-refractivity contribution is 0.0350. The molecule has 1 saturated heterocycles. The van der Waals surface area contributed by atoms with Crippen molar-refractivity contribution < 1.29 is 5.11 Å². The van der Waals surface area contributed by atoms with Gasteiger partial charge in [0.1, 0.15) is 11.9 Å². The van der Waals surface area contributed by atoms with E-state index in [1.165, 1.54) is 0 Å². The van der Waals surface area contributed by atoms with Crippen molar-refractivity contribution in [2.75, 3.05) is 18.0 Å². The summed E-state index contributed by atoms with van der Waals surface area (Å²) in [4.78, 5) is 6.31. The summed E-state index contributed by atoms with van der Waals surface area (Å²) in [5.74, 6) is 0.737. The molecule has 1 fully saturated rings. The van der Waals surface area contributed by atoms with Crippen LogP contribution < -0.4 is 4.90 Å². The minimum Gasteiger partial charge on any atom is -0.390 e. The molecule has 2 rings (SSSR count). The van der Waals surface area contributed by atoms with Crippen LogP contribution in [0.25, 0.3) is 0 Å². The van der Waals surface area contributed by atoms with Gasteiger partial charge in [0, 0.05) is 19.3 Å². The number of hydrogen-bond donors (Lipinski definition) is 1. The smallest absolute Gasteiger partial charge is 0.146 e. The molecule has 0 atom stereocenters. The molecule has 1 aromatic heterocycles. The molecule has 1 aromatic rings. The van der Waals surface area contributed by atoms with E-state index in [1.54, 1.807) is 18.3 Å². The van der Waals surface area contributed by atoms with E-state index in [0.29, 0.717) is 18.4 Å². The normalized spacial score (nSPS) is 19.2. The van der Waals surface area contributed by atoms with Crippen LogP contribution in [0, 0.1) is 11.3 Å². The average molecular weight is 217 g/mol. The highest BCUT2D eigenvalue weighted by atomic mass is 16.3. The fourth-order valence-corrected chi connectivity index (χ4v) is 1.94. The van der Waals surface area contributed by atoms with Crippen molar-refractivity contribution in [2.45, 2.75) is 25.4 Å². The number of nitrogens with zero attached hydrogens (tertiary/aromatic N) is 3. The summed E-state index contributed by atoms with van der Waals surface area (Å²) >= 11 is 0. The molecule has 0 spiro atoms. The molecule has 0 aromatic carbocycles. The number of piperidine rings is 1. The molecule has 1 aliphatic heterocycles. The maximum absolute atomic E-state index is 9.85. The lowest BCUT2D eigenvalue weighted by Gasteiger charge is -2.36. The zero-order valence-corrected chi connectivity index (χ0v) is 9.35. The number of anilines is 1. The molecule has 0 saturated carbocycles. The fourth-order valence-electron chi connectivity index (χ4n) is 1.94. The van der Waals surface area contributed by atoms with Crippen molar-refractivity contribution in [1.29, 1.82) is 5.26 Å². The van der Waals surface area contributed by atoms with Crippen LogP contribution in [-0.4, -0.2) is 28.8 Å². The summed E-state index contributed by atoms with van der Waals surface area (Å²) in [5, 5.41) is 18.8. The molecule has 1 N–H and O–H groups in total. The van der Waals surface area contributed by atoms with Crippen LogP contribution in [0.5, 0.6) is 0 Å². The molecule has 0 radical (unpaired) electrons. The van der Waals surface area contributed by atoms with Gasteiger partial charge in [0.25, 0.3) is 0 Å². The Morgan fingerprint density at radius 3 is 2.81 bits per heavy atom. The van der Waals surface area contributed by atoms with Gasteiger partial charge in [-0.3, -0.25) is 0 Å². The molecule has 0 unspecified atom stereocenters. The first-order chi connectivity index (χ1) is 7.62. The van der Waals surface area contributed by atoms with E-state index in [9.17, 15) is 5.11 Å². The first-order valence-electron chi connectivity index (χ1n) is 5.45. The van der Waals surface area contributed by atoms with Crippen LogP contribution in [0.15, 0.2) is 18.3 Å². The van der Waals surface area contributed by atoms with E-state index < -0.39 is 5.60 Å². The van der Waals surface area contributed by atoms with Crippen LogP contribution in [0.2, 0.25) is 0 Å². The number of rotatable bonds is 1. The van der Waals surface area contributed by atoms with Gasteiger partial charge < -0.3 is 10.0 Å². The molecule has 4 heteroatoms. The number of nitriles is 1. The number of aromatic nitrogens is 1. The monoisotopic (exact) mass is 217 g/mol. The second-order valence-corrected chi connectivity index (χ2v) is 4.47. The van der Waals surface area contributed by atoms with Gasteiger partial charge in [-0.15, -0.1) is 0 Å². The number of pyridine rings is 1. The van der Waals surface area contributed by atoms with Gasteiger partial charge in [-0.1, -0.05) is 0 Å². The molecule has 84 valence electrons. The molecule has 2 heterocycles. The zero-order valence-electron chi connectivity index (χ0n) is 9.35. The molecule has 0 amide bonds. The lowest BCUT2D eigenvalue weighted by Crippen LogP contribution is -2.43. The Labute approximate surface area is 95.1 Å². The van der Waals surface area contributed by atoms with Crippen LogP contribution in [0.3, 0.4) is 0 Å². The Kier molecular flexibility index (Phi) is 2.80. The van der Waals surface area contributed by atoms with E-state index in [4.69, 9.17) is 5.26 Å². The predicted octanol–water partition coefficient (Wildman–Crippen LogP) is 1.30. The van der Waals surface area contributed by atoms with Crippen molar-refractivity contribution in [3.05, 3.63) is 23.9 Å². The summed E-state index contributed by atoms with van der Waals surface area (Å²) in [5.41, 5.74) is 0.0296. The lowest BCUT2D eigenvalue weighted by atomic mass is 9.94. The second kappa shape index (κ2) is 4.11. The first-order valence-corrected chi connectivity index (χ1v) is 5.45. The van der Waals surface area contributed by atoms with E-state index >= 15 is 0 Å². The van der Waals surface area contributed by atoms with Crippen LogP contribution in [0.1, 0.15) is 25.3 Å². The number of aliphatic hydroxyl groups is 1. The topological polar surface area (TPSA) is 60.1 Å². The minimum absolute atomic E-state index is 0.571. The van der Waals surface area contributed by atoms with Gasteiger partial charge in [0.05, 0.1) is 11.2 Å². The minimum atomic E-state index is -0.571. The Morgan fingerprint density at radius 1 is 1.50 bits per heavy atom. The summed E-state index contributed by atoms with van der Waals surface area (Å²) < 4.78 is 0. The van der Waals surface area contributed by atoms with Gasteiger partial charge in [-0.25, -0.2) is 4.98 Å². The van der Waals surface area contributed by atoms with Gasteiger partial charge in [0.2, 0.25) is 0 Å². The first kappa shape index (κ1) is 10.9. The van der Waals surface area contributed by atoms with Gasteiger partial charge in [-0.05, 0) is 31.9 Å². The van der Waals surface area contributed by atoms with Crippen molar-refractivity contribution in [3.63, 3.8) is 0 Å². The zero-order chi connectivity index (χ0) is 11.6. The molecule has 0 aliphatic carbocycles. The highest BCUT2D eigenvalue weighted by Gasteiger charge is 2.28. The largest absolute Gasteiger partial charge is 0.390 e. The van der Waals surface area contributed by atoms with E-state index in [2.05, 4.69) is 16.0 Å². The highest BCUT2D eigenvalue weighted by molar-refractivity contribution is 5.53.